The van der Waals surface area contributed by atoms with E-state index in [4.69, 9.17) is 9.26 Å². The minimum absolute atomic E-state index is 0.0855. The zero-order chi connectivity index (χ0) is 23.0. The van der Waals surface area contributed by atoms with Crippen LogP contribution in [0.1, 0.15) is 5.76 Å². The molecule has 14 nitrogen and oxygen atoms in total. The van der Waals surface area contributed by atoms with Gasteiger partial charge in [0.2, 0.25) is 11.1 Å². The molecule has 2 aromatic rings. The standard InChI is InChI=1S/C16H17N7O7S2/c1-22-15(18-20-21-22)32-6-7-5-31-14-16(29-2,13(28)23(14)11(7)12(26)27)17-9(24)3-8-4-10(25)19-30-8/h4,14H,3,5-6H2,1-2H3,(H,17,24)(H,19,25)(H,26,27)/t14-,16-/m0/s1. The Hall–Kier alpha value is -3.11. The number of carboxylic acids is 1. The number of tetrazole rings is 1. The van der Waals surface area contributed by atoms with Crippen molar-refractivity contribution >= 4 is 41.3 Å². The first kappa shape index (κ1) is 22.1. The molecule has 0 spiro atoms. The van der Waals surface area contributed by atoms with Crippen LogP contribution in [0.25, 0.3) is 0 Å². The molecule has 3 N–H and O–H groups in total. The average molecular weight is 483 g/mol. The van der Waals surface area contributed by atoms with E-state index in [0.717, 1.165) is 11.0 Å². The van der Waals surface area contributed by atoms with Gasteiger partial charge in [-0.25, -0.2) is 9.48 Å². The van der Waals surface area contributed by atoms with Crippen molar-refractivity contribution in [3.05, 3.63) is 33.5 Å². The predicted molar refractivity (Wildman–Crippen MR) is 108 cm³/mol. The lowest BCUT2D eigenvalue weighted by Gasteiger charge is -2.55. The fourth-order valence-electron chi connectivity index (χ4n) is 3.37. The van der Waals surface area contributed by atoms with Gasteiger partial charge in [-0.1, -0.05) is 11.8 Å². The van der Waals surface area contributed by atoms with E-state index in [-0.39, 0.29) is 23.6 Å². The number of aliphatic carboxylic acids is 1. The average Bonchev–Trinajstić information content (AvgIpc) is 3.36. The summed E-state index contributed by atoms with van der Waals surface area (Å²) in [6.07, 6.45) is -0.302. The van der Waals surface area contributed by atoms with Crippen molar-refractivity contribution in [2.24, 2.45) is 7.05 Å². The Balaban J connectivity index is 1.53. The monoisotopic (exact) mass is 483 g/mol. The molecule has 2 aliphatic heterocycles. The van der Waals surface area contributed by atoms with Crippen molar-refractivity contribution in [2.75, 3.05) is 18.6 Å². The molecule has 32 heavy (non-hydrogen) atoms. The number of amides is 2. The van der Waals surface area contributed by atoms with E-state index in [9.17, 15) is 24.3 Å². The number of nitrogens with one attached hydrogen (secondary N) is 2. The molecule has 1 fully saturated rings. The van der Waals surface area contributed by atoms with E-state index in [0.29, 0.717) is 16.5 Å². The molecule has 0 unspecified atom stereocenters. The largest absolute Gasteiger partial charge is 0.477 e. The van der Waals surface area contributed by atoms with E-state index < -0.39 is 34.4 Å². The first-order chi connectivity index (χ1) is 15.3. The molecule has 0 saturated carbocycles. The summed E-state index contributed by atoms with van der Waals surface area (Å²) >= 11 is 2.51. The predicted octanol–water partition coefficient (Wildman–Crippen LogP) is -1.46. The zero-order valence-electron chi connectivity index (χ0n) is 16.7. The maximum absolute atomic E-state index is 13.0. The number of H-pyrrole nitrogens is 1. The van der Waals surface area contributed by atoms with Crippen LogP contribution in [0, 0.1) is 0 Å². The van der Waals surface area contributed by atoms with Crippen LogP contribution in [0.4, 0.5) is 0 Å². The summed E-state index contributed by atoms with van der Waals surface area (Å²) < 4.78 is 11.7. The van der Waals surface area contributed by atoms with Crippen LogP contribution in [0.3, 0.4) is 0 Å². The third kappa shape index (κ3) is 3.69. The number of methoxy groups -OCH3 is 1. The van der Waals surface area contributed by atoms with E-state index in [1.54, 1.807) is 7.05 Å². The molecular formula is C16H17N7O7S2. The molecule has 2 atom stereocenters. The van der Waals surface area contributed by atoms with Gasteiger partial charge < -0.3 is 19.7 Å². The summed E-state index contributed by atoms with van der Waals surface area (Å²) in [5.74, 6) is -1.95. The number of nitrogens with zero attached hydrogens (tertiary/aromatic N) is 5. The highest BCUT2D eigenvalue weighted by Crippen LogP contribution is 2.47. The maximum atomic E-state index is 13.0. The molecule has 0 radical (unpaired) electrons. The Morgan fingerprint density at radius 3 is 2.88 bits per heavy atom. The number of aromatic nitrogens is 5. The summed E-state index contributed by atoms with van der Waals surface area (Å²) in [6.45, 7) is 0. The minimum atomic E-state index is -1.73. The number of aromatic amines is 1. The topological polar surface area (TPSA) is 186 Å². The van der Waals surface area contributed by atoms with Gasteiger partial charge in [0, 0.05) is 31.7 Å². The number of carboxylic acid groups (broad SMARTS) is 1. The highest BCUT2D eigenvalue weighted by molar-refractivity contribution is 8.01. The van der Waals surface area contributed by atoms with Gasteiger partial charge >= 0.3 is 5.97 Å². The molecule has 0 bridgehead atoms. The summed E-state index contributed by atoms with van der Waals surface area (Å²) in [4.78, 5) is 49.8. The molecule has 170 valence electrons. The van der Waals surface area contributed by atoms with Crippen molar-refractivity contribution in [2.45, 2.75) is 22.7 Å². The summed E-state index contributed by atoms with van der Waals surface area (Å²) in [6, 6.07) is 1.12. The van der Waals surface area contributed by atoms with Gasteiger partial charge in [-0.2, -0.15) is 5.16 Å². The number of β-lactam (4-membered cyclic amide) rings is 1. The summed E-state index contributed by atoms with van der Waals surface area (Å²) in [5, 5.41) is 25.2. The lowest BCUT2D eigenvalue weighted by molar-refractivity contribution is -0.192. The Morgan fingerprint density at radius 2 is 2.28 bits per heavy atom. The zero-order valence-corrected chi connectivity index (χ0v) is 18.4. The number of fused-ring (bicyclic) bond motifs is 1. The Kier molecular flexibility index (Phi) is 5.83. The Labute approximate surface area is 187 Å². The smallest absolute Gasteiger partial charge is 0.352 e. The molecule has 2 aliphatic rings. The van der Waals surface area contributed by atoms with Gasteiger partial charge in [0.15, 0.2) is 0 Å². The van der Waals surface area contributed by atoms with E-state index in [2.05, 4.69) is 26.0 Å². The van der Waals surface area contributed by atoms with Crippen molar-refractivity contribution in [3.63, 3.8) is 0 Å². The number of thioether (sulfide) groups is 2. The second kappa shape index (κ2) is 8.44. The molecular weight excluding hydrogens is 466 g/mol. The van der Waals surface area contributed by atoms with E-state index >= 15 is 0 Å². The maximum Gasteiger partial charge on any atom is 0.352 e. The molecule has 2 aromatic heterocycles. The Bertz CT molecular complexity index is 1170. The van der Waals surface area contributed by atoms with Crippen molar-refractivity contribution < 1.29 is 28.8 Å². The van der Waals surface area contributed by atoms with Crippen molar-refractivity contribution in [3.8, 4) is 0 Å². The van der Waals surface area contributed by atoms with Crippen LogP contribution in [0.5, 0.6) is 0 Å². The second-order valence-corrected chi connectivity index (χ2v) is 8.82. The van der Waals surface area contributed by atoms with Gasteiger partial charge in [-0.15, -0.1) is 16.9 Å². The molecule has 4 heterocycles. The third-order valence-corrected chi connectivity index (χ3v) is 7.30. The molecule has 4 rings (SSSR count). The second-order valence-electron chi connectivity index (χ2n) is 6.81. The van der Waals surface area contributed by atoms with Crippen LogP contribution in [0.15, 0.2) is 31.8 Å². The number of carbonyl (C=O) groups is 3. The molecule has 0 aromatic carbocycles. The van der Waals surface area contributed by atoms with Gasteiger partial charge in [0.1, 0.15) is 16.8 Å². The quantitative estimate of drug-likeness (QED) is 0.225. The molecule has 1 saturated heterocycles. The van der Waals surface area contributed by atoms with Gasteiger partial charge in [-0.3, -0.25) is 19.3 Å². The van der Waals surface area contributed by atoms with Crippen molar-refractivity contribution in [1.29, 1.82) is 0 Å². The van der Waals surface area contributed by atoms with Crippen molar-refractivity contribution in [1.82, 2.24) is 35.6 Å². The highest BCUT2D eigenvalue weighted by atomic mass is 32.2. The van der Waals surface area contributed by atoms with Crippen LogP contribution in [-0.4, -0.2) is 82.9 Å². The van der Waals surface area contributed by atoms with Crippen LogP contribution in [-0.2, 0) is 32.6 Å². The summed E-state index contributed by atoms with van der Waals surface area (Å²) in [5.41, 5.74) is -1.86. The van der Waals surface area contributed by atoms with Crippen LogP contribution in [0.2, 0.25) is 0 Å². The third-order valence-electron chi connectivity index (χ3n) is 4.83. The fraction of sp³-hybridized carbons (Fsp3) is 0.438. The number of ether oxygens (including phenoxy) is 1. The molecule has 0 aliphatic carbocycles. The van der Waals surface area contributed by atoms with Gasteiger partial charge in [-0.05, 0) is 16.0 Å². The molecule has 16 heteroatoms. The minimum Gasteiger partial charge on any atom is -0.477 e. The summed E-state index contributed by atoms with van der Waals surface area (Å²) in [7, 11) is 2.91. The fourth-order valence-corrected chi connectivity index (χ4v) is 5.79. The Morgan fingerprint density at radius 1 is 1.50 bits per heavy atom. The van der Waals surface area contributed by atoms with Gasteiger partial charge in [0.25, 0.3) is 17.2 Å². The van der Waals surface area contributed by atoms with Gasteiger partial charge in [0.05, 0.1) is 6.42 Å². The lowest BCUT2D eigenvalue weighted by Crippen LogP contribution is -2.80. The number of rotatable bonds is 8. The van der Waals surface area contributed by atoms with Crippen LogP contribution < -0.4 is 10.9 Å². The van der Waals surface area contributed by atoms with Crippen LogP contribution >= 0.6 is 23.5 Å². The molecule has 2 amide bonds. The first-order valence-electron chi connectivity index (χ1n) is 9.06. The first-order valence-corrected chi connectivity index (χ1v) is 11.1. The lowest BCUT2D eigenvalue weighted by atomic mass is 9.98. The number of hydrogen-bond donors (Lipinski definition) is 3. The van der Waals surface area contributed by atoms with E-state index in [1.807, 2.05) is 0 Å². The van der Waals surface area contributed by atoms with E-state index in [1.165, 1.54) is 35.3 Å². The number of hydrogen-bond acceptors (Lipinski definition) is 11. The normalized spacial score (nSPS) is 22.5. The number of aryl methyl sites for hydroxylation is 1. The highest BCUT2D eigenvalue weighted by Gasteiger charge is 2.66. The number of carbonyl (C=O) groups excluding carboxylic acids is 2. The SMILES string of the molecule is CO[C@@]1(NC(=O)Cc2cc(=O)[nH]o2)C(=O)N2C(C(=O)O)=C(CSc3nnnn3C)CS[C@H]21.